The average Bonchev–Trinajstić information content (AvgIpc) is 3.94. The van der Waals surface area contributed by atoms with Gasteiger partial charge in [0, 0.05) is 12.1 Å². The van der Waals surface area contributed by atoms with Crippen LogP contribution < -0.4 is 10.1 Å². The summed E-state index contributed by atoms with van der Waals surface area (Å²) < 4.78 is 138. The number of carboxylic acids is 1. The molecule has 0 heterocycles. The maximum atomic E-state index is 15.3. The molecular weight excluding hydrogens is 733 g/mol. The van der Waals surface area contributed by atoms with E-state index in [1.54, 1.807) is 12.1 Å². The summed E-state index contributed by atoms with van der Waals surface area (Å²) in [6.45, 7) is 4.21. The average molecular weight is 767 g/mol. The molecule has 1 unspecified atom stereocenters. The number of rotatable bonds is 12. The van der Waals surface area contributed by atoms with Crippen molar-refractivity contribution in [2.45, 2.75) is 68.8 Å². The van der Waals surface area contributed by atoms with Crippen LogP contribution in [-0.2, 0) is 33.2 Å². The zero-order valence-corrected chi connectivity index (χ0v) is 29.5. The molecule has 0 saturated heterocycles. The third-order valence-electron chi connectivity index (χ3n) is 8.83. The van der Waals surface area contributed by atoms with Gasteiger partial charge in [-0.15, -0.1) is 0 Å². The van der Waals surface area contributed by atoms with E-state index in [1.165, 1.54) is 0 Å². The van der Waals surface area contributed by atoms with Crippen molar-refractivity contribution in [2.24, 2.45) is 0 Å². The predicted molar refractivity (Wildman–Crippen MR) is 179 cm³/mol. The number of ether oxygens (including phenoxy) is 1. The van der Waals surface area contributed by atoms with Crippen molar-refractivity contribution in [3.63, 3.8) is 0 Å². The number of anilines is 1. The van der Waals surface area contributed by atoms with E-state index in [2.05, 4.69) is 5.32 Å². The van der Waals surface area contributed by atoms with Gasteiger partial charge in [-0.3, -0.25) is 4.79 Å². The standard InChI is InChI=1S/C37H33F7N2O6S/c1-37(2,3)22-13-18(12-21(15-22)19-8-9-19)14-27(35(47)45-26-11-10-20(36(48)49)16-28(26)52-4)46(17-23-24(38)6-5-7-25(23)39)53(50,51)34-32(43)30(41)29(40)31(42)33(34)44/h5-7,10-13,15-16,19,27H,8-9,14,17H2,1-4H3,(H,45,47)(H,48,49). The molecule has 5 rings (SSSR count). The Labute approximate surface area is 300 Å². The molecule has 0 bridgehead atoms. The maximum absolute atomic E-state index is 15.3. The predicted octanol–water partition coefficient (Wildman–Crippen LogP) is 7.98. The van der Waals surface area contributed by atoms with E-state index < -0.39 is 97.5 Å². The first-order valence-electron chi connectivity index (χ1n) is 16.1. The van der Waals surface area contributed by atoms with Gasteiger partial charge in [0.2, 0.25) is 21.7 Å². The number of sulfonamides is 1. The highest BCUT2D eigenvalue weighted by atomic mass is 32.2. The van der Waals surface area contributed by atoms with Gasteiger partial charge >= 0.3 is 5.97 Å². The molecular formula is C37H33F7N2O6S. The molecule has 1 saturated carbocycles. The summed E-state index contributed by atoms with van der Waals surface area (Å²) in [6.07, 6.45) is 1.02. The smallest absolute Gasteiger partial charge is 0.335 e. The van der Waals surface area contributed by atoms with Crippen LogP contribution in [0.1, 0.15) is 72.1 Å². The number of carboxylic acid groups (broad SMARTS) is 1. The number of methoxy groups -OCH3 is 1. The first kappa shape index (κ1) is 39.3. The van der Waals surface area contributed by atoms with Gasteiger partial charge < -0.3 is 15.2 Å². The minimum Gasteiger partial charge on any atom is -0.495 e. The molecule has 0 spiro atoms. The normalized spacial score (nSPS) is 14.0. The number of amides is 1. The molecule has 8 nitrogen and oxygen atoms in total. The van der Waals surface area contributed by atoms with Gasteiger partial charge in [-0.25, -0.2) is 43.9 Å². The Balaban J connectivity index is 1.77. The van der Waals surface area contributed by atoms with E-state index in [0.717, 1.165) is 67.5 Å². The Morgan fingerprint density at radius 3 is 2.00 bits per heavy atom. The van der Waals surface area contributed by atoms with E-state index in [9.17, 15) is 36.3 Å². The van der Waals surface area contributed by atoms with Crippen LogP contribution in [0, 0.1) is 40.7 Å². The van der Waals surface area contributed by atoms with E-state index in [0.29, 0.717) is 5.56 Å². The third kappa shape index (κ3) is 8.03. The number of aromatic carboxylic acids is 1. The van der Waals surface area contributed by atoms with Crippen molar-refractivity contribution < 1.29 is 58.6 Å². The van der Waals surface area contributed by atoms with Crippen molar-refractivity contribution in [3.05, 3.63) is 123 Å². The van der Waals surface area contributed by atoms with Crippen LogP contribution in [-0.4, -0.2) is 42.9 Å². The molecule has 1 atom stereocenters. The number of hydrogen-bond donors (Lipinski definition) is 2. The maximum Gasteiger partial charge on any atom is 0.335 e. The van der Waals surface area contributed by atoms with Crippen LogP contribution >= 0.6 is 0 Å². The lowest BCUT2D eigenvalue weighted by Gasteiger charge is -2.31. The molecule has 4 aromatic rings. The number of benzene rings is 4. The van der Waals surface area contributed by atoms with Crippen LogP contribution in [0.4, 0.5) is 36.4 Å². The van der Waals surface area contributed by atoms with Crippen molar-refractivity contribution in [3.8, 4) is 5.75 Å². The van der Waals surface area contributed by atoms with Crippen LogP contribution in [0.15, 0.2) is 59.5 Å². The molecule has 2 N–H and O–H groups in total. The monoisotopic (exact) mass is 766 g/mol. The summed E-state index contributed by atoms with van der Waals surface area (Å²) in [4.78, 5) is 23.6. The number of nitrogens with zero attached hydrogens (tertiary/aromatic N) is 1. The second-order valence-corrected chi connectivity index (χ2v) is 15.4. The van der Waals surface area contributed by atoms with Crippen LogP contribution in [0.25, 0.3) is 0 Å². The molecule has 16 heteroatoms. The highest BCUT2D eigenvalue weighted by Crippen LogP contribution is 2.42. The van der Waals surface area contributed by atoms with Gasteiger partial charge in [-0.2, -0.15) is 4.31 Å². The quantitative estimate of drug-likeness (QED) is 0.0860. The number of nitrogens with one attached hydrogen (secondary N) is 1. The Kier molecular flexibility index (Phi) is 11.0. The fourth-order valence-electron chi connectivity index (χ4n) is 5.74. The minimum absolute atomic E-state index is 0.0270. The Morgan fingerprint density at radius 2 is 1.47 bits per heavy atom. The molecule has 1 amide bonds. The summed E-state index contributed by atoms with van der Waals surface area (Å²) in [5.41, 5.74) is -0.131. The summed E-state index contributed by atoms with van der Waals surface area (Å²) >= 11 is 0. The number of hydrogen-bond acceptors (Lipinski definition) is 5. The zero-order valence-electron chi connectivity index (χ0n) is 28.7. The van der Waals surface area contributed by atoms with Gasteiger partial charge in [0.15, 0.2) is 28.2 Å². The van der Waals surface area contributed by atoms with Gasteiger partial charge in [0.1, 0.15) is 23.4 Å². The second kappa shape index (κ2) is 14.8. The van der Waals surface area contributed by atoms with E-state index in [4.69, 9.17) is 4.74 Å². The highest BCUT2D eigenvalue weighted by Gasteiger charge is 2.43. The summed E-state index contributed by atoms with van der Waals surface area (Å²) in [5, 5.41) is 11.8. The van der Waals surface area contributed by atoms with Crippen molar-refractivity contribution in [1.29, 1.82) is 0 Å². The van der Waals surface area contributed by atoms with E-state index in [-0.39, 0.29) is 27.2 Å². The van der Waals surface area contributed by atoms with E-state index >= 15 is 17.6 Å². The fraction of sp³-hybridized carbons (Fsp3) is 0.297. The summed E-state index contributed by atoms with van der Waals surface area (Å²) in [5.74, 6) is -18.9. The number of carbonyl (C=O) groups excluding carboxylic acids is 1. The summed E-state index contributed by atoms with van der Waals surface area (Å²) in [6, 6.07) is 8.64. The van der Waals surface area contributed by atoms with Gasteiger partial charge in [0.05, 0.1) is 18.4 Å². The Bertz CT molecular complexity index is 2170. The SMILES string of the molecule is COc1cc(C(=O)O)ccc1NC(=O)C(Cc1cc(C2CC2)cc(C(C)(C)C)c1)N(Cc1c(F)cccc1F)S(=O)(=O)c1c(F)c(F)c(F)c(F)c1F. The number of halogens is 7. The van der Waals surface area contributed by atoms with Crippen molar-refractivity contribution in [1.82, 2.24) is 4.31 Å². The Morgan fingerprint density at radius 1 is 0.887 bits per heavy atom. The molecule has 1 aliphatic carbocycles. The molecule has 53 heavy (non-hydrogen) atoms. The van der Waals surface area contributed by atoms with Gasteiger partial charge in [-0.05, 0) is 77.6 Å². The molecule has 1 aliphatic rings. The number of carbonyl (C=O) groups is 2. The largest absolute Gasteiger partial charge is 0.495 e. The second-order valence-electron chi connectivity index (χ2n) is 13.6. The first-order chi connectivity index (χ1) is 24.8. The van der Waals surface area contributed by atoms with Gasteiger partial charge in [-0.1, -0.05) is 45.0 Å². The van der Waals surface area contributed by atoms with Crippen molar-refractivity contribution >= 4 is 27.6 Å². The lowest BCUT2D eigenvalue weighted by atomic mass is 9.83. The first-order valence-corrected chi connectivity index (χ1v) is 17.5. The minimum atomic E-state index is -6.07. The van der Waals surface area contributed by atoms with Crippen LogP contribution in [0.5, 0.6) is 5.75 Å². The topological polar surface area (TPSA) is 113 Å². The molecule has 0 aliphatic heterocycles. The fourth-order valence-corrected chi connectivity index (χ4v) is 7.42. The molecule has 1 fully saturated rings. The molecule has 4 aromatic carbocycles. The summed E-state index contributed by atoms with van der Waals surface area (Å²) in [7, 11) is -4.93. The lowest BCUT2D eigenvalue weighted by Crippen LogP contribution is -2.49. The van der Waals surface area contributed by atoms with Crippen LogP contribution in [0.2, 0.25) is 0 Å². The third-order valence-corrected chi connectivity index (χ3v) is 10.7. The van der Waals surface area contributed by atoms with Crippen LogP contribution in [0.3, 0.4) is 0 Å². The molecule has 0 radical (unpaired) electrons. The highest BCUT2D eigenvalue weighted by molar-refractivity contribution is 7.89. The lowest BCUT2D eigenvalue weighted by molar-refractivity contribution is -0.120. The molecule has 0 aromatic heterocycles. The zero-order chi connectivity index (χ0) is 39.2. The Hall–Kier alpha value is -4.96. The van der Waals surface area contributed by atoms with Crippen molar-refractivity contribution in [2.75, 3.05) is 12.4 Å². The van der Waals surface area contributed by atoms with Gasteiger partial charge in [0.25, 0.3) is 0 Å². The molecule has 282 valence electrons. The van der Waals surface area contributed by atoms with E-state index in [1.807, 2.05) is 26.8 Å².